The molecule has 1 heterocycles. The van der Waals surface area contributed by atoms with Crippen LogP contribution >= 0.6 is 0 Å². The highest BCUT2D eigenvalue weighted by atomic mass is 16.6. The Morgan fingerprint density at radius 2 is 1.95 bits per heavy atom. The van der Waals surface area contributed by atoms with Gasteiger partial charge in [-0.2, -0.15) is 0 Å². The second-order valence-corrected chi connectivity index (χ2v) is 6.36. The minimum absolute atomic E-state index is 0.320. The Morgan fingerprint density at radius 3 is 2.59 bits per heavy atom. The lowest BCUT2D eigenvalue weighted by molar-refractivity contribution is 0.0224. The molecule has 0 N–H and O–H groups in total. The quantitative estimate of drug-likeness (QED) is 0.788. The lowest BCUT2D eigenvalue weighted by atomic mass is 9.97. The Morgan fingerprint density at radius 1 is 1.23 bits per heavy atom. The summed E-state index contributed by atoms with van der Waals surface area (Å²) in [6.45, 7) is 8.75. The maximum Gasteiger partial charge on any atom is 0.410 e. The summed E-state index contributed by atoms with van der Waals surface area (Å²) in [6.07, 6.45) is 0.442. The number of rotatable bonds is 2. The highest BCUT2D eigenvalue weighted by Gasteiger charge is 2.26. The van der Waals surface area contributed by atoms with Gasteiger partial charge in [-0.05, 0) is 57.4 Å². The van der Waals surface area contributed by atoms with Crippen LogP contribution in [0.1, 0.15) is 49.2 Å². The molecular formula is C17H23NO4. The van der Waals surface area contributed by atoms with Crippen molar-refractivity contribution < 1.29 is 19.1 Å². The second kappa shape index (κ2) is 6.38. The smallest absolute Gasteiger partial charge is 0.410 e. The van der Waals surface area contributed by atoms with Crippen LogP contribution in [0.3, 0.4) is 0 Å². The summed E-state index contributed by atoms with van der Waals surface area (Å²) in [5.74, 6) is -0.334. The summed E-state index contributed by atoms with van der Waals surface area (Å²) < 4.78 is 10.4. The van der Waals surface area contributed by atoms with Crippen LogP contribution in [0.4, 0.5) is 4.79 Å². The number of ether oxygens (including phenoxy) is 2. The van der Waals surface area contributed by atoms with Crippen molar-refractivity contribution in [3.8, 4) is 0 Å². The van der Waals surface area contributed by atoms with Gasteiger partial charge in [0.15, 0.2) is 0 Å². The molecule has 1 aliphatic rings. The molecule has 1 amide bonds. The monoisotopic (exact) mass is 305 g/mol. The normalized spacial score (nSPS) is 14.3. The minimum Gasteiger partial charge on any atom is -0.462 e. The molecule has 1 aromatic rings. The highest BCUT2D eigenvalue weighted by Crippen LogP contribution is 2.22. The number of carbonyl (C=O) groups is 2. The molecule has 5 heteroatoms. The number of fused-ring (bicyclic) bond motifs is 1. The fraction of sp³-hybridized carbons (Fsp3) is 0.529. The number of amides is 1. The number of nitrogens with zero attached hydrogens (tertiary/aromatic N) is 1. The van der Waals surface area contributed by atoms with Gasteiger partial charge in [0.2, 0.25) is 0 Å². The van der Waals surface area contributed by atoms with Crippen LogP contribution < -0.4 is 0 Å². The minimum atomic E-state index is -0.510. The van der Waals surface area contributed by atoms with E-state index in [4.69, 9.17) is 9.47 Å². The van der Waals surface area contributed by atoms with Crippen LogP contribution in [0.2, 0.25) is 0 Å². The highest BCUT2D eigenvalue weighted by molar-refractivity contribution is 5.89. The third-order valence-corrected chi connectivity index (χ3v) is 3.38. The molecule has 22 heavy (non-hydrogen) atoms. The van der Waals surface area contributed by atoms with Crippen molar-refractivity contribution >= 4 is 12.1 Å². The van der Waals surface area contributed by atoms with E-state index < -0.39 is 5.60 Å². The molecule has 5 nitrogen and oxygen atoms in total. The maximum absolute atomic E-state index is 12.2. The molecule has 2 rings (SSSR count). The van der Waals surface area contributed by atoms with Crippen molar-refractivity contribution in [3.05, 3.63) is 34.9 Å². The SMILES string of the molecule is CCOC(=O)c1ccc2c(c1)CN(C(=O)OC(C)(C)C)CC2. The molecule has 1 aromatic carbocycles. The van der Waals surface area contributed by atoms with E-state index >= 15 is 0 Å². The fourth-order valence-electron chi connectivity index (χ4n) is 2.38. The lowest BCUT2D eigenvalue weighted by Crippen LogP contribution is -2.39. The Labute approximate surface area is 131 Å². The van der Waals surface area contributed by atoms with Crippen LogP contribution in [-0.4, -0.2) is 35.7 Å². The van der Waals surface area contributed by atoms with Gasteiger partial charge in [0, 0.05) is 13.1 Å². The van der Waals surface area contributed by atoms with E-state index in [1.54, 1.807) is 17.9 Å². The van der Waals surface area contributed by atoms with Gasteiger partial charge in [-0.25, -0.2) is 9.59 Å². The first kappa shape index (κ1) is 16.3. The van der Waals surface area contributed by atoms with Gasteiger partial charge >= 0.3 is 12.1 Å². The summed E-state index contributed by atoms with van der Waals surface area (Å²) in [5.41, 5.74) is 2.14. The zero-order chi connectivity index (χ0) is 16.3. The molecule has 120 valence electrons. The number of carbonyl (C=O) groups excluding carboxylic acids is 2. The number of esters is 1. The third-order valence-electron chi connectivity index (χ3n) is 3.38. The fourth-order valence-corrected chi connectivity index (χ4v) is 2.38. The van der Waals surface area contributed by atoms with Gasteiger partial charge in [0.1, 0.15) is 5.60 Å². The molecule has 0 aliphatic carbocycles. The van der Waals surface area contributed by atoms with Crippen molar-refractivity contribution in [2.75, 3.05) is 13.2 Å². The zero-order valence-electron chi connectivity index (χ0n) is 13.6. The molecule has 0 unspecified atom stereocenters. The summed E-state index contributed by atoms with van der Waals surface area (Å²) in [7, 11) is 0. The van der Waals surface area contributed by atoms with E-state index in [0.29, 0.717) is 25.3 Å². The molecule has 0 fully saturated rings. The molecule has 0 radical (unpaired) electrons. The summed E-state index contributed by atoms with van der Waals surface area (Å²) in [6, 6.07) is 5.53. The zero-order valence-corrected chi connectivity index (χ0v) is 13.6. The first-order chi connectivity index (χ1) is 10.3. The molecule has 0 saturated heterocycles. The molecule has 0 bridgehead atoms. The predicted octanol–water partition coefficient (Wildman–Crippen LogP) is 3.16. The van der Waals surface area contributed by atoms with E-state index in [1.165, 1.54) is 0 Å². The Bertz CT molecular complexity index is 575. The molecule has 0 aromatic heterocycles. The molecule has 0 spiro atoms. The van der Waals surface area contributed by atoms with E-state index in [1.807, 2.05) is 32.9 Å². The molecular weight excluding hydrogens is 282 g/mol. The Balaban J connectivity index is 2.13. The van der Waals surface area contributed by atoms with Crippen LogP contribution in [0, 0.1) is 0 Å². The van der Waals surface area contributed by atoms with Gasteiger partial charge in [-0.15, -0.1) is 0 Å². The number of benzene rings is 1. The van der Waals surface area contributed by atoms with Crippen LogP contribution in [0.15, 0.2) is 18.2 Å². The first-order valence-corrected chi connectivity index (χ1v) is 7.57. The Hall–Kier alpha value is -2.04. The Kier molecular flexibility index (Phi) is 4.74. The standard InChI is InChI=1S/C17H23NO4/c1-5-21-15(19)13-7-6-12-8-9-18(11-14(12)10-13)16(20)22-17(2,3)4/h6-7,10H,5,8-9,11H2,1-4H3. The molecule has 0 saturated carbocycles. The van der Waals surface area contributed by atoms with Crippen molar-refractivity contribution in [1.29, 1.82) is 0 Å². The first-order valence-electron chi connectivity index (χ1n) is 7.57. The average molecular weight is 305 g/mol. The van der Waals surface area contributed by atoms with Gasteiger partial charge in [0.25, 0.3) is 0 Å². The van der Waals surface area contributed by atoms with E-state index in [2.05, 4.69) is 0 Å². The largest absolute Gasteiger partial charge is 0.462 e. The van der Waals surface area contributed by atoms with Crippen molar-refractivity contribution in [3.63, 3.8) is 0 Å². The maximum atomic E-state index is 12.2. The van der Waals surface area contributed by atoms with Crippen LogP contribution in [0.5, 0.6) is 0 Å². The van der Waals surface area contributed by atoms with Gasteiger partial charge in [-0.1, -0.05) is 6.07 Å². The van der Waals surface area contributed by atoms with E-state index in [0.717, 1.165) is 17.5 Å². The van der Waals surface area contributed by atoms with E-state index in [-0.39, 0.29) is 12.1 Å². The summed E-state index contributed by atoms with van der Waals surface area (Å²) in [4.78, 5) is 25.6. The second-order valence-electron chi connectivity index (χ2n) is 6.36. The van der Waals surface area contributed by atoms with Crippen LogP contribution in [-0.2, 0) is 22.4 Å². The van der Waals surface area contributed by atoms with Crippen molar-refractivity contribution in [2.24, 2.45) is 0 Å². The van der Waals surface area contributed by atoms with Gasteiger partial charge in [0.05, 0.1) is 12.2 Å². The number of hydrogen-bond acceptors (Lipinski definition) is 4. The van der Waals surface area contributed by atoms with E-state index in [9.17, 15) is 9.59 Å². The number of hydrogen-bond donors (Lipinski definition) is 0. The van der Waals surface area contributed by atoms with Crippen LogP contribution in [0.25, 0.3) is 0 Å². The predicted molar refractivity (Wildman–Crippen MR) is 82.7 cm³/mol. The molecule has 0 atom stereocenters. The average Bonchev–Trinajstić information content (AvgIpc) is 2.44. The summed E-state index contributed by atoms with van der Waals surface area (Å²) in [5, 5.41) is 0. The van der Waals surface area contributed by atoms with Gasteiger partial charge in [-0.3, -0.25) is 0 Å². The topological polar surface area (TPSA) is 55.8 Å². The lowest BCUT2D eigenvalue weighted by Gasteiger charge is -2.31. The van der Waals surface area contributed by atoms with Crippen molar-refractivity contribution in [1.82, 2.24) is 4.90 Å². The van der Waals surface area contributed by atoms with Gasteiger partial charge < -0.3 is 14.4 Å². The molecule has 1 aliphatic heterocycles. The summed E-state index contributed by atoms with van der Waals surface area (Å²) >= 11 is 0. The van der Waals surface area contributed by atoms with Crippen molar-refractivity contribution in [2.45, 2.75) is 46.3 Å². The third kappa shape index (κ3) is 4.00.